The van der Waals surface area contributed by atoms with Gasteiger partial charge in [-0.2, -0.15) is 0 Å². The summed E-state index contributed by atoms with van der Waals surface area (Å²) in [6.45, 7) is 6.07. The highest BCUT2D eigenvalue weighted by atomic mass is 16.3. The van der Waals surface area contributed by atoms with E-state index in [1.165, 1.54) is 6.29 Å². The Morgan fingerprint density at radius 3 is 2.45 bits per heavy atom. The van der Waals surface area contributed by atoms with Gasteiger partial charge < -0.3 is 5.11 Å². The smallest absolute Gasteiger partial charge is 0.245 e. The van der Waals surface area contributed by atoms with E-state index in [1.807, 2.05) is 6.92 Å². The van der Waals surface area contributed by atoms with Crippen LogP contribution in [0.3, 0.4) is 0 Å². The third-order valence-corrected chi connectivity index (χ3v) is 2.03. The maximum Gasteiger partial charge on any atom is 0.245 e. The molecule has 1 radical (unpaired) electrons. The van der Waals surface area contributed by atoms with Gasteiger partial charge in [0.25, 0.3) is 0 Å². The van der Waals surface area contributed by atoms with E-state index in [4.69, 9.17) is 5.11 Å². The summed E-state index contributed by atoms with van der Waals surface area (Å²) in [5, 5.41) is 11.6. The van der Waals surface area contributed by atoms with Crippen molar-refractivity contribution in [3.63, 3.8) is 0 Å². The van der Waals surface area contributed by atoms with Gasteiger partial charge in [-0.15, -0.1) is 0 Å². The van der Waals surface area contributed by atoms with Crippen LogP contribution < -0.4 is 5.32 Å². The van der Waals surface area contributed by atoms with Gasteiger partial charge in [0.2, 0.25) is 6.29 Å². The van der Waals surface area contributed by atoms with Gasteiger partial charge in [-0.05, 0) is 12.8 Å². The summed E-state index contributed by atoms with van der Waals surface area (Å²) in [6.07, 6.45) is 1.36. The molecule has 0 aromatic carbocycles. The fourth-order valence-corrected chi connectivity index (χ4v) is 0.801. The quantitative estimate of drug-likeness (QED) is 0.571. The Balaban J connectivity index is 3.66. The SMILES string of the molecule is CCC(C)C(C)NC(O)[C]=O. The molecule has 0 amide bonds. The van der Waals surface area contributed by atoms with Crippen molar-refractivity contribution in [2.24, 2.45) is 5.92 Å². The van der Waals surface area contributed by atoms with Crippen molar-refractivity contribution < 1.29 is 9.90 Å². The van der Waals surface area contributed by atoms with Gasteiger partial charge in [-0.1, -0.05) is 20.3 Å². The van der Waals surface area contributed by atoms with Crippen molar-refractivity contribution in [2.75, 3.05) is 0 Å². The predicted octanol–water partition coefficient (Wildman–Crippen LogP) is 0.439. The Hall–Kier alpha value is -0.410. The molecule has 0 aliphatic rings. The molecule has 0 heterocycles. The molecule has 3 atom stereocenters. The van der Waals surface area contributed by atoms with E-state index in [1.54, 1.807) is 0 Å². The van der Waals surface area contributed by atoms with Crippen LogP contribution in [0.5, 0.6) is 0 Å². The Morgan fingerprint density at radius 1 is 1.55 bits per heavy atom. The van der Waals surface area contributed by atoms with Crippen LogP contribution in [0.2, 0.25) is 0 Å². The van der Waals surface area contributed by atoms with Crippen LogP contribution in [0.25, 0.3) is 0 Å². The maximum atomic E-state index is 9.91. The second kappa shape index (κ2) is 5.27. The first kappa shape index (κ1) is 10.6. The molecule has 65 valence electrons. The molecule has 0 aliphatic carbocycles. The first-order chi connectivity index (χ1) is 5.11. The maximum absolute atomic E-state index is 9.91. The highest BCUT2D eigenvalue weighted by Gasteiger charge is 2.12. The third kappa shape index (κ3) is 4.11. The summed E-state index contributed by atoms with van der Waals surface area (Å²) in [6, 6.07) is 0.149. The number of aliphatic hydroxyl groups is 1. The third-order valence-electron chi connectivity index (χ3n) is 2.03. The largest absolute Gasteiger partial charge is 0.371 e. The van der Waals surface area contributed by atoms with E-state index in [0.717, 1.165) is 6.42 Å². The number of nitrogens with one attached hydrogen (secondary N) is 1. The summed E-state index contributed by atoms with van der Waals surface area (Å²) in [7, 11) is 0. The van der Waals surface area contributed by atoms with Crippen LogP contribution in [0.4, 0.5) is 0 Å². The van der Waals surface area contributed by atoms with Crippen LogP contribution in [0.1, 0.15) is 27.2 Å². The molecule has 3 nitrogen and oxygen atoms in total. The fraction of sp³-hybridized carbons (Fsp3) is 0.875. The van der Waals surface area contributed by atoms with Gasteiger partial charge >= 0.3 is 0 Å². The Kier molecular flexibility index (Phi) is 5.07. The lowest BCUT2D eigenvalue weighted by Crippen LogP contribution is -2.40. The zero-order valence-electron chi connectivity index (χ0n) is 7.29. The normalized spacial score (nSPS) is 18.9. The van der Waals surface area contributed by atoms with Crippen LogP contribution in [-0.4, -0.2) is 23.7 Å². The molecule has 3 heteroatoms. The second-order valence-corrected chi connectivity index (χ2v) is 2.86. The molecule has 0 rings (SSSR count). The van der Waals surface area contributed by atoms with E-state index in [9.17, 15) is 4.79 Å². The fourth-order valence-electron chi connectivity index (χ4n) is 0.801. The van der Waals surface area contributed by atoms with Crippen LogP contribution >= 0.6 is 0 Å². The van der Waals surface area contributed by atoms with Crippen molar-refractivity contribution in [1.29, 1.82) is 0 Å². The number of carbonyl (C=O) groups excluding carboxylic acids is 1. The monoisotopic (exact) mass is 158 g/mol. The van der Waals surface area contributed by atoms with Crippen LogP contribution in [0.15, 0.2) is 0 Å². The van der Waals surface area contributed by atoms with Crippen molar-refractivity contribution in [2.45, 2.75) is 39.5 Å². The Labute approximate surface area is 67.8 Å². The molecule has 0 aromatic heterocycles. The summed E-state index contributed by atoms with van der Waals surface area (Å²) < 4.78 is 0. The van der Waals surface area contributed by atoms with E-state index in [-0.39, 0.29) is 6.04 Å². The molecule has 2 N–H and O–H groups in total. The first-order valence-corrected chi connectivity index (χ1v) is 3.93. The average Bonchev–Trinajstić information content (AvgIpc) is 2.02. The van der Waals surface area contributed by atoms with Crippen molar-refractivity contribution in [3.8, 4) is 0 Å². The summed E-state index contributed by atoms with van der Waals surface area (Å²) >= 11 is 0. The molecular weight excluding hydrogens is 142 g/mol. The molecular formula is C8H16NO2. The van der Waals surface area contributed by atoms with Gasteiger partial charge in [-0.3, -0.25) is 10.1 Å². The molecule has 0 bridgehead atoms. The number of hydrogen-bond acceptors (Lipinski definition) is 3. The van der Waals surface area contributed by atoms with E-state index >= 15 is 0 Å². The standard InChI is InChI=1S/C8H16NO2/c1-4-6(2)7(3)9-8(11)5-10/h6-9,11H,4H2,1-3H3. The predicted molar refractivity (Wildman–Crippen MR) is 43.8 cm³/mol. The Bertz CT molecular complexity index is 117. The summed E-state index contributed by atoms with van der Waals surface area (Å²) in [4.78, 5) is 9.91. The van der Waals surface area contributed by atoms with Gasteiger partial charge in [0, 0.05) is 6.04 Å². The lowest BCUT2D eigenvalue weighted by molar-refractivity contribution is 0.168. The molecule has 0 fully saturated rings. The van der Waals surface area contributed by atoms with Crippen LogP contribution in [-0.2, 0) is 4.79 Å². The topological polar surface area (TPSA) is 49.3 Å². The minimum absolute atomic E-state index is 0.149. The molecule has 0 aliphatic heterocycles. The summed E-state index contributed by atoms with van der Waals surface area (Å²) in [5.41, 5.74) is 0. The van der Waals surface area contributed by atoms with E-state index in [0.29, 0.717) is 5.92 Å². The zero-order chi connectivity index (χ0) is 8.85. The van der Waals surface area contributed by atoms with Gasteiger partial charge in [0.1, 0.15) is 0 Å². The lowest BCUT2D eigenvalue weighted by atomic mass is 10.0. The molecule has 3 unspecified atom stereocenters. The van der Waals surface area contributed by atoms with Gasteiger partial charge in [0.05, 0.1) is 0 Å². The van der Waals surface area contributed by atoms with Gasteiger partial charge in [0.15, 0.2) is 6.23 Å². The molecule has 0 saturated heterocycles. The average molecular weight is 158 g/mol. The van der Waals surface area contributed by atoms with Gasteiger partial charge in [-0.25, -0.2) is 0 Å². The molecule has 0 aromatic rings. The minimum atomic E-state index is -1.14. The Morgan fingerprint density at radius 2 is 2.09 bits per heavy atom. The van der Waals surface area contributed by atoms with Crippen molar-refractivity contribution >= 4 is 6.29 Å². The summed E-state index contributed by atoms with van der Waals surface area (Å²) in [5.74, 6) is 0.456. The number of aliphatic hydroxyl groups excluding tert-OH is 1. The lowest BCUT2D eigenvalue weighted by Gasteiger charge is -2.20. The highest BCUT2D eigenvalue weighted by Crippen LogP contribution is 2.06. The number of hydrogen-bond donors (Lipinski definition) is 2. The first-order valence-electron chi connectivity index (χ1n) is 3.93. The highest BCUT2D eigenvalue weighted by molar-refractivity contribution is 5.55. The molecule has 11 heavy (non-hydrogen) atoms. The second-order valence-electron chi connectivity index (χ2n) is 2.86. The van der Waals surface area contributed by atoms with Crippen LogP contribution in [0, 0.1) is 5.92 Å². The zero-order valence-corrected chi connectivity index (χ0v) is 7.29. The minimum Gasteiger partial charge on any atom is -0.371 e. The molecule has 0 spiro atoms. The number of rotatable bonds is 5. The van der Waals surface area contributed by atoms with E-state index < -0.39 is 6.23 Å². The molecule has 0 saturated carbocycles. The van der Waals surface area contributed by atoms with Crippen molar-refractivity contribution in [1.82, 2.24) is 5.32 Å². The van der Waals surface area contributed by atoms with E-state index in [2.05, 4.69) is 19.2 Å². The van der Waals surface area contributed by atoms with Crippen molar-refractivity contribution in [3.05, 3.63) is 0 Å².